The summed E-state index contributed by atoms with van der Waals surface area (Å²) in [5.41, 5.74) is 1.66. The summed E-state index contributed by atoms with van der Waals surface area (Å²) in [5.74, 6) is -0.260. The second kappa shape index (κ2) is 3.83. The minimum absolute atomic E-state index is 0.260. The zero-order valence-corrected chi connectivity index (χ0v) is 9.44. The van der Waals surface area contributed by atoms with Crippen LogP contribution in [0, 0.1) is 5.82 Å². The van der Waals surface area contributed by atoms with Crippen molar-refractivity contribution in [2.24, 2.45) is 0 Å². The number of nitrogens with zero attached hydrogens (tertiary/aromatic N) is 1. The molecule has 0 amide bonds. The number of hydrogen-bond donors (Lipinski definition) is 0. The van der Waals surface area contributed by atoms with E-state index in [1.807, 2.05) is 0 Å². The predicted octanol–water partition coefficient (Wildman–Crippen LogP) is 3.92. The number of alkyl halides is 1. The average Bonchev–Trinajstić information content (AvgIpc) is 2.17. The molecule has 0 saturated carbocycles. The topological polar surface area (TPSA) is 12.9 Å². The Morgan fingerprint density at radius 3 is 2.86 bits per heavy atom. The quantitative estimate of drug-likeness (QED) is 0.567. The summed E-state index contributed by atoms with van der Waals surface area (Å²) in [6, 6.07) is 6.21. The maximum atomic E-state index is 13.0. The third-order valence-electron chi connectivity index (χ3n) is 1.97. The molecule has 0 fully saturated rings. The molecule has 4 heteroatoms. The molecule has 1 nitrogen and oxygen atoms in total. The molecular weight excluding hydrogens is 268 g/mol. The van der Waals surface area contributed by atoms with Crippen molar-refractivity contribution in [1.82, 2.24) is 4.98 Å². The maximum Gasteiger partial charge on any atom is 0.130 e. The number of rotatable bonds is 1. The lowest BCUT2D eigenvalue weighted by Gasteiger charge is -2.03. The monoisotopic (exact) mass is 273 g/mol. The maximum absolute atomic E-state index is 13.0. The fraction of sp³-hybridized carbons (Fsp3) is 0.100. The van der Waals surface area contributed by atoms with Crippen LogP contribution >= 0.6 is 27.5 Å². The largest absolute Gasteiger partial charge is 0.236 e. The lowest BCUT2D eigenvalue weighted by molar-refractivity contribution is 0.629. The molecule has 1 aromatic carbocycles. The Kier molecular flexibility index (Phi) is 2.70. The lowest BCUT2D eigenvalue weighted by atomic mass is 10.1. The first-order valence-electron chi connectivity index (χ1n) is 4.01. The first-order chi connectivity index (χ1) is 6.70. The zero-order chi connectivity index (χ0) is 10.1. The van der Waals surface area contributed by atoms with Gasteiger partial charge in [0.2, 0.25) is 0 Å². The number of pyridine rings is 1. The van der Waals surface area contributed by atoms with E-state index in [4.69, 9.17) is 11.6 Å². The normalized spacial score (nSPS) is 10.8. The average molecular weight is 275 g/mol. The van der Waals surface area contributed by atoms with Crippen LogP contribution in [0.2, 0.25) is 5.15 Å². The van der Waals surface area contributed by atoms with E-state index in [-0.39, 0.29) is 5.82 Å². The fourth-order valence-electron chi connectivity index (χ4n) is 1.34. The van der Waals surface area contributed by atoms with E-state index in [1.54, 1.807) is 12.1 Å². The van der Waals surface area contributed by atoms with Gasteiger partial charge in [0.1, 0.15) is 11.0 Å². The van der Waals surface area contributed by atoms with Gasteiger partial charge >= 0.3 is 0 Å². The number of hydrogen-bond acceptors (Lipinski definition) is 1. The van der Waals surface area contributed by atoms with E-state index < -0.39 is 0 Å². The molecule has 2 rings (SSSR count). The Morgan fingerprint density at radius 2 is 2.14 bits per heavy atom. The van der Waals surface area contributed by atoms with Gasteiger partial charge in [-0.05, 0) is 29.8 Å². The van der Waals surface area contributed by atoms with Crippen LogP contribution in [0.25, 0.3) is 10.9 Å². The standard InChI is InChI=1S/C10H6BrClFN/c11-5-6-3-10(12)14-9-2-1-7(13)4-8(6)9/h1-4H,5H2. The molecule has 0 saturated heterocycles. The minimum Gasteiger partial charge on any atom is -0.236 e. The molecule has 0 unspecified atom stereocenters. The van der Waals surface area contributed by atoms with E-state index >= 15 is 0 Å². The predicted molar refractivity (Wildman–Crippen MR) is 59.3 cm³/mol. The molecule has 0 atom stereocenters. The third-order valence-corrected chi connectivity index (χ3v) is 2.77. The molecule has 2 aromatic rings. The lowest BCUT2D eigenvalue weighted by Crippen LogP contribution is -1.87. The Hall–Kier alpha value is -0.670. The van der Waals surface area contributed by atoms with E-state index in [1.165, 1.54) is 12.1 Å². The van der Waals surface area contributed by atoms with Crippen molar-refractivity contribution >= 4 is 38.4 Å². The summed E-state index contributed by atoms with van der Waals surface area (Å²) in [4.78, 5) is 4.10. The molecule has 72 valence electrons. The van der Waals surface area contributed by atoms with Crippen molar-refractivity contribution in [3.63, 3.8) is 0 Å². The second-order valence-corrected chi connectivity index (χ2v) is 3.85. The van der Waals surface area contributed by atoms with Crippen LogP contribution in [0.3, 0.4) is 0 Å². The van der Waals surface area contributed by atoms with Gasteiger partial charge in [-0.15, -0.1) is 0 Å². The molecule has 0 aliphatic carbocycles. The van der Waals surface area contributed by atoms with E-state index in [0.29, 0.717) is 16.0 Å². The van der Waals surface area contributed by atoms with Gasteiger partial charge in [-0.3, -0.25) is 0 Å². The Labute approximate surface area is 94.0 Å². The summed E-state index contributed by atoms with van der Waals surface area (Å²) in [7, 11) is 0. The summed E-state index contributed by atoms with van der Waals surface area (Å²) < 4.78 is 13.0. The summed E-state index contributed by atoms with van der Waals surface area (Å²) in [5, 5.41) is 1.86. The van der Waals surface area contributed by atoms with Crippen molar-refractivity contribution in [2.45, 2.75) is 5.33 Å². The van der Waals surface area contributed by atoms with Crippen LogP contribution in [0.15, 0.2) is 24.3 Å². The smallest absolute Gasteiger partial charge is 0.130 e. The molecule has 0 bridgehead atoms. The van der Waals surface area contributed by atoms with Gasteiger partial charge in [-0.25, -0.2) is 9.37 Å². The molecule has 0 N–H and O–H groups in total. The van der Waals surface area contributed by atoms with Crippen molar-refractivity contribution in [3.8, 4) is 0 Å². The van der Waals surface area contributed by atoms with Gasteiger partial charge in [-0.2, -0.15) is 0 Å². The van der Waals surface area contributed by atoms with E-state index in [0.717, 1.165) is 10.9 Å². The van der Waals surface area contributed by atoms with Crippen LogP contribution in [0.4, 0.5) is 4.39 Å². The highest BCUT2D eigenvalue weighted by molar-refractivity contribution is 9.08. The molecular formula is C10H6BrClFN. The number of fused-ring (bicyclic) bond motifs is 1. The molecule has 0 radical (unpaired) electrons. The number of benzene rings is 1. The van der Waals surface area contributed by atoms with E-state index in [2.05, 4.69) is 20.9 Å². The van der Waals surface area contributed by atoms with Crippen LogP contribution in [0.1, 0.15) is 5.56 Å². The highest BCUT2D eigenvalue weighted by Crippen LogP contribution is 2.23. The summed E-state index contributed by atoms with van der Waals surface area (Å²) in [6.07, 6.45) is 0. The Bertz CT molecular complexity index is 487. The van der Waals surface area contributed by atoms with Gasteiger partial charge in [0, 0.05) is 10.7 Å². The van der Waals surface area contributed by atoms with Crippen LogP contribution < -0.4 is 0 Å². The molecule has 1 aromatic heterocycles. The van der Waals surface area contributed by atoms with Crippen molar-refractivity contribution in [3.05, 3.63) is 40.8 Å². The van der Waals surface area contributed by atoms with Gasteiger partial charge in [0.15, 0.2) is 0 Å². The Balaban J connectivity index is 2.81. The van der Waals surface area contributed by atoms with E-state index in [9.17, 15) is 4.39 Å². The number of aromatic nitrogens is 1. The minimum atomic E-state index is -0.260. The van der Waals surface area contributed by atoms with Crippen molar-refractivity contribution in [2.75, 3.05) is 0 Å². The molecule has 1 heterocycles. The second-order valence-electron chi connectivity index (χ2n) is 2.90. The molecule has 14 heavy (non-hydrogen) atoms. The summed E-state index contributed by atoms with van der Waals surface area (Å²) in [6.45, 7) is 0. The zero-order valence-electron chi connectivity index (χ0n) is 7.10. The first-order valence-corrected chi connectivity index (χ1v) is 5.51. The van der Waals surface area contributed by atoms with Gasteiger partial charge in [-0.1, -0.05) is 27.5 Å². The number of halogens is 3. The molecule has 0 aliphatic heterocycles. The van der Waals surface area contributed by atoms with Crippen LogP contribution in [0.5, 0.6) is 0 Å². The SMILES string of the molecule is Fc1ccc2nc(Cl)cc(CBr)c2c1. The summed E-state index contributed by atoms with van der Waals surface area (Å²) >= 11 is 9.15. The van der Waals surface area contributed by atoms with Gasteiger partial charge in [0.25, 0.3) is 0 Å². The van der Waals surface area contributed by atoms with Gasteiger partial charge < -0.3 is 0 Å². The third kappa shape index (κ3) is 1.74. The first kappa shape index (κ1) is 9.87. The highest BCUT2D eigenvalue weighted by Gasteiger charge is 2.04. The Morgan fingerprint density at radius 1 is 1.36 bits per heavy atom. The van der Waals surface area contributed by atoms with Gasteiger partial charge in [0.05, 0.1) is 5.52 Å². The molecule has 0 aliphatic rings. The van der Waals surface area contributed by atoms with Crippen LogP contribution in [-0.4, -0.2) is 4.98 Å². The highest BCUT2D eigenvalue weighted by atomic mass is 79.9. The van der Waals surface area contributed by atoms with Crippen molar-refractivity contribution < 1.29 is 4.39 Å². The fourth-order valence-corrected chi connectivity index (χ4v) is 2.03. The molecule has 0 spiro atoms. The van der Waals surface area contributed by atoms with Crippen molar-refractivity contribution in [1.29, 1.82) is 0 Å². The van der Waals surface area contributed by atoms with Crippen LogP contribution in [-0.2, 0) is 5.33 Å².